The smallest absolute Gasteiger partial charge is 0.250 e. The minimum absolute atomic E-state index is 0.0758. The maximum atomic E-state index is 13.3. The fourth-order valence-corrected chi connectivity index (χ4v) is 6.06. The zero-order chi connectivity index (χ0) is 25.6. The number of carbonyl (C=O) groups is 1. The van der Waals surface area contributed by atoms with Gasteiger partial charge in [0, 0.05) is 55.2 Å². The van der Waals surface area contributed by atoms with Crippen molar-refractivity contribution < 1.29 is 14.6 Å². The highest BCUT2D eigenvalue weighted by Crippen LogP contribution is 2.46. The van der Waals surface area contributed by atoms with Crippen molar-refractivity contribution in [3.05, 3.63) is 30.4 Å². The molecule has 1 aliphatic heterocycles. The van der Waals surface area contributed by atoms with Crippen molar-refractivity contribution in [1.82, 2.24) is 29.3 Å². The second kappa shape index (κ2) is 9.72. The Hall–Kier alpha value is -2.98. The predicted octanol–water partition coefficient (Wildman–Crippen LogP) is 3.17. The number of anilines is 1. The van der Waals surface area contributed by atoms with Crippen molar-refractivity contribution in [3.63, 3.8) is 0 Å². The van der Waals surface area contributed by atoms with Gasteiger partial charge < -0.3 is 20.1 Å². The van der Waals surface area contributed by atoms with Gasteiger partial charge in [-0.25, -0.2) is 9.50 Å². The molecule has 1 saturated heterocycles. The lowest BCUT2D eigenvalue weighted by molar-refractivity contribution is -0.135. The number of aliphatic hydroxyl groups excluding tert-OH is 1. The summed E-state index contributed by atoms with van der Waals surface area (Å²) < 4.78 is 9.15. The highest BCUT2D eigenvalue weighted by Gasteiger charge is 2.54. The summed E-state index contributed by atoms with van der Waals surface area (Å²) in [7, 11) is 1.68. The molecule has 10 nitrogen and oxygen atoms in total. The number of amides is 1. The van der Waals surface area contributed by atoms with Gasteiger partial charge in [0.15, 0.2) is 0 Å². The highest BCUT2D eigenvalue weighted by molar-refractivity contribution is 5.88. The molecule has 3 aromatic rings. The molecule has 0 bridgehead atoms. The van der Waals surface area contributed by atoms with Crippen LogP contribution in [0.3, 0.4) is 0 Å². The molecule has 3 fully saturated rings. The van der Waals surface area contributed by atoms with Gasteiger partial charge in [0.25, 0.3) is 5.91 Å². The fourth-order valence-electron chi connectivity index (χ4n) is 6.06. The van der Waals surface area contributed by atoms with E-state index in [4.69, 9.17) is 14.9 Å². The van der Waals surface area contributed by atoms with Gasteiger partial charge in [-0.15, -0.1) is 5.10 Å². The van der Waals surface area contributed by atoms with Crippen molar-refractivity contribution in [2.45, 2.75) is 81.9 Å². The van der Waals surface area contributed by atoms with E-state index in [0.29, 0.717) is 18.5 Å². The van der Waals surface area contributed by atoms with E-state index in [-0.39, 0.29) is 18.1 Å². The van der Waals surface area contributed by atoms with Crippen molar-refractivity contribution in [2.75, 3.05) is 32.1 Å². The standard InChI is InChI=1S/C27H37N7O3/c1-18(17-37-2)30-26-28-15-24-22(13-23(34(24)31-26)19-5-7-21(35)8-6-19)20-14-29-33(16-20)27(9-10-27)25(36)32-11-3-4-12-32/h13-16,18-19,21,35H,3-12,17H2,1-2H3,(H,30,31)/t18-,19?,21?/m0/s1. The summed E-state index contributed by atoms with van der Waals surface area (Å²) in [6.45, 7) is 4.31. The molecule has 37 heavy (non-hydrogen) atoms. The van der Waals surface area contributed by atoms with Crippen LogP contribution >= 0.6 is 0 Å². The molecule has 0 radical (unpaired) electrons. The van der Waals surface area contributed by atoms with E-state index in [2.05, 4.69) is 16.4 Å². The number of nitrogens with zero attached hydrogens (tertiary/aromatic N) is 6. The fraction of sp³-hybridized carbons (Fsp3) is 0.630. The number of methoxy groups -OCH3 is 1. The summed E-state index contributed by atoms with van der Waals surface area (Å²) in [5.74, 6) is 1.08. The molecule has 2 saturated carbocycles. The first-order valence-corrected chi connectivity index (χ1v) is 13.7. The molecule has 198 valence electrons. The van der Waals surface area contributed by atoms with Gasteiger partial charge in [-0.05, 0) is 64.4 Å². The van der Waals surface area contributed by atoms with Gasteiger partial charge >= 0.3 is 0 Å². The van der Waals surface area contributed by atoms with Crippen LogP contribution in [0.2, 0.25) is 0 Å². The van der Waals surface area contributed by atoms with Crippen LogP contribution < -0.4 is 5.32 Å². The monoisotopic (exact) mass is 507 g/mol. The topological polar surface area (TPSA) is 110 Å². The number of fused-ring (bicyclic) bond motifs is 1. The molecule has 2 N–H and O–H groups in total. The summed E-state index contributed by atoms with van der Waals surface area (Å²) in [6, 6.07) is 2.28. The summed E-state index contributed by atoms with van der Waals surface area (Å²) in [6.07, 6.45) is 12.8. The Kier molecular flexibility index (Phi) is 6.40. The number of aromatic nitrogens is 5. The van der Waals surface area contributed by atoms with E-state index in [1.54, 1.807) is 7.11 Å². The molecule has 3 aromatic heterocycles. The Balaban J connectivity index is 1.35. The van der Waals surface area contributed by atoms with E-state index in [1.165, 1.54) is 0 Å². The molecule has 2 aliphatic carbocycles. The van der Waals surface area contributed by atoms with Crippen LogP contribution in [0, 0.1) is 0 Å². The Morgan fingerprint density at radius 1 is 1.22 bits per heavy atom. The number of hydrogen-bond donors (Lipinski definition) is 2. The molecule has 0 aromatic carbocycles. The van der Waals surface area contributed by atoms with Crippen molar-refractivity contribution >= 4 is 17.4 Å². The van der Waals surface area contributed by atoms with Crippen LogP contribution in [-0.4, -0.2) is 79.2 Å². The van der Waals surface area contributed by atoms with Crippen molar-refractivity contribution in [3.8, 4) is 11.1 Å². The average Bonchev–Trinajstić information content (AvgIpc) is 3.25. The van der Waals surface area contributed by atoms with E-state index in [0.717, 1.165) is 86.8 Å². The number of carbonyl (C=O) groups excluding carboxylic acids is 1. The Morgan fingerprint density at radius 3 is 2.68 bits per heavy atom. The third kappa shape index (κ3) is 4.50. The van der Waals surface area contributed by atoms with Crippen LogP contribution in [0.5, 0.6) is 0 Å². The number of hydrogen-bond acceptors (Lipinski definition) is 7. The van der Waals surface area contributed by atoms with Crippen molar-refractivity contribution in [1.29, 1.82) is 0 Å². The number of aliphatic hydroxyl groups is 1. The predicted molar refractivity (Wildman–Crippen MR) is 139 cm³/mol. The summed E-state index contributed by atoms with van der Waals surface area (Å²) in [5.41, 5.74) is 3.52. The lowest BCUT2D eigenvalue weighted by Crippen LogP contribution is -2.40. The molecule has 1 amide bonds. The largest absolute Gasteiger partial charge is 0.393 e. The van der Waals surface area contributed by atoms with Gasteiger partial charge in [-0.2, -0.15) is 5.10 Å². The second-order valence-electron chi connectivity index (χ2n) is 11.1. The zero-order valence-electron chi connectivity index (χ0n) is 21.8. The third-order valence-corrected chi connectivity index (χ3v) is 8.30. The molecular formula is C27H37N7O3. The van der Waals surface area contributed by atoms with Crippen LogP contribution in [0.4, 0.5) is 5.95 Å². The van der Waals surface area contributed by atoms with Crippen LogP contribution in [0.25, 0.3) is 16.6 Å². The molecule has 0 spiro atoms. The van der Waals surface area contributed by atoms with Crippen molar-refractivity contribution in [2.24, 2.45) is 0 Å². The number of ether oxygens (including phenoxy) is 1. The van der Waals surface area contributed by atoms with E-state index in [1.807, 2.05) is 39.6 Å². The first kappa shape index (κ1) is 24.4. The van der Waals surface area contributed by atoms with Gasteiger partial charge in [0.2, 0.25) is 5.95 Å². The van der Waals surface area contributed by atoms with Crippen LogP contribution in [0.15, 0.2) is 24.7 Å². The number of likely N-dealkylation sites (tertiary alicyclic amines) is 1. The highest BCUT2D eigenvalue weighted by atomic mass is 16.5. The first-order chi connectivity index (χ1) is 18.0. The average molecular weight is 508 g/mol. The van der Waals surface area contributed by atoms with Gasteiger partial charge in [0.05, 0.1) is 30.6 Å². The minimum atomic E-state index is -0.522. The molecule has 3 aliphatic rings. The maximum absolute atomic E-state index is 13.3. The summed E-state index contributed by atoms with van der Waals surface area (Å²) in [5, 5.41) is 23.0. The maximum Gasteiger partial charge on any atom is 0.250 e. The molecule has 10 heteroatoms. The minimum Gasteiger partial charge on any atom is -0.393 e. The van der Waals surface area contributed by atoms with E-state index < -0.39 is 5.54 Å². The third-order valence-electron chi connectivity index (χ3n) is 8.30. The Morgan fingerprint density at radius 2 is 1.97 bits per heavy atom. The lowest BCUT2D eigenvalue weighted by Gasteiger charge is -2.25. The van der Waals surface area contributed by atoms with E-state index in [9.17, 15) is 9.90 Å². The number of rotatable bonds is 8. The Bertz CT molecular complexity index is 1270. The normalized spacial score (nSPS) is 23.9. The summed E-state index contributed by atoms with van der Waals surface area (Å²) in [4.78, 5) is 19.9. The Labute approximate surface area is 217 Å². The lowest BCUT2D eigenvalue weighted by atomic mass is 9.85. The summed E-state index contributed by atoms with van der Waals surface area (Å²) >= 11 is 0. The van der Waals surface area contributed by atoms with E-state index >= 15 is 0 Å². The molecule has 4 heterocycles. The molecule has 1 atom stereocenters. The van der Waals surface area contributed by atoms with Gasteiger partial charge in [-0.1, -0.05) is 0 Å². The SMILES string of the molecule is COC[C@H](C)Nc1ncc2c(-c3cnn(C4(C(=O)N5CCCC5)CC4)c3)cc(C3CCC(O)CC3)n2n1. The molecule has 0 unspecified atom stereocenters. The van der Waals surface area contributed by atoms with Crippen LogP contribution in [0.1, 0.15) is 69.9 Å². The molecule has 6 rings (SSSR count). The van der Waals surface area contributed by atoms with Gasteiger partial charge in [-0.3, -0.25) is 9.48 Å². The zero-order valence-corrected chi connectivity index (χ0v) is 21.8. The number of nitrogens with one attached hydrogen (secondary N) is 1. The van der Waals surface area contributed by atoms with Crippen LogP contribution in [-0.2, 0) is 15.1 Å². The quantitative estimate of drug-likeness (QED) is 0.482. The second-order valence-corrected chi connectivity index (χ2v) is 11.1. The molecular weight excluding hydrogens is 470 g/mol. The van der Waals surface area contributed by atoms with Gasteiger partial charge in [0.1, 0.15) is 5.54 Å². The first-order valence-electron chi connectivity index (χ1n) is 13.7.